The minimum Gasteiger partial charge on any atom is -0.326 e. The van der Waals surface area contributed by atoms with Gasteiger partial charge in [-0.15, -0.1) is 0 Å². The number of halogens is 2. The van der Waals surface area contributed by atoms with Gasteiger partial charge in [-0.2, -0.15) is 0 Å². The Hall–Kier alpha value is -2.40. The summed E-state index contributed by atoms with van der Waals surface area (Å²) in [6, 6.07) is 12.2. The van der Waals surface area contributed by atoms with Crippen LogP contribution in [0.2, 0.25) is 5.02 Å². The summed E-state index contributed by atoms with van der Waals surface area (Å²) < 4.78 is 15.4. The lowest BCUT2D eigenvalue weighted by atomic mass is 10.1. The van der Waals surface area contributed by atoms with Gasteiger partial charge < -0.3 is 4.57 Å². The second-order valence-electron chi connectivity index (χ2n) is 7.41. The van der Waals surface area contributed by atoms with E-state index < -0.39 is 0 Å². The molecule has 1 aliphatic rings. The van der Waals surface area contributed by atoms with E-state index in [1.54, 1.807) is 6.07 Å². The van der Waals surface area contributed by atoms with Crippen LogP contribution in [-0.2, 0) is 24.3 Å². The zero-order chi connectivity index (χ0) is 19.5. The summed E-state index contributed by atoms with van der Waals surface area (Å²) in [5.74, 6) is 1.10. The number of benzene rings is 2. The fourth-order valence-electron chi connectivity index (χ4n) is 3.40. The van der Waals surface area contributed by atoms with Crippen LogP contribution < -0.4 is 5.32 Å². The molecule has 6 heteroatoms. The Labute approximate surface area is 168 Å². The molecular formula is C22H22ClFN3O. The number of hydrogen-bond donors (Lipinski definition) is 0. The van der Waals surface area contributed by atoms with Crippen molar-refractivity contribution in [2.45, 2.75) is 45.2 Å². The molecule has 3 aromatic rings. The first-order valence-electron chi connectivity index (χ1n) is 9.68. The highest BCUT2D eigenvalue weighted by atomic mass is 35.5. The zero-order valence-electron chi connectivity index (χ0n) is 15.6. The Morgan fingerprint density at radius 3 is 2.89 bits per heavy atom. The van der Waals surface area contributed by atoms with Crippen LogP contribution in [0.4, 0.5) is 4.39 Å². The molecule has 1 fully saturated rings. The molecule has 0 aliphatic heterocycles. The summed E-state index contributed by atoms with van der Waals surface area (Å²) in [5.41, 5.74) is 2.79. The number of fused-ring (bicyclic) bond motifs is 1. The van der Waals surface area contributed by atoms with E-state index in [4.69, 9.17) is 11.6 Å². The summed E-state index contributed by atoms with van der Waals surface area (Å²) in [6.07, 6.45) is 4.13. The van der Waals surface area contributed by atoms with E-state index in [9.17, 15) is 9.18 Å². The van der Waals surface area contributed by atoms with Crippen LogP contribution in [0.5, 0.6) is 0 Å². The smallest absolute Gasteiger partial charge is 0.241 e. The van der Waals surface area contributed by atoms with Gasteiger partial charge in [0.2, 0.25) is 5.91 Å². The lowest BCUT2D eigenvalue weighted by molar-refractivity contribution is -0.121. The third kappa shape index (κ3) is 4.71. The normalized spacial score (nSPS) is 13.8. The van der Waals surface area contributed by atoms with Crippen molar-refractivity contribution < 1.29 is 9.18 Å². The number of imidazole rings is 1. The van der Waals surface area contributed by atoms with Crippen molar-refractivity contribution >= 4 is 28.5 Å². The Kier molecular flexibility index (Phi) is 5.62. The fourth-order valence-corrected chi connectivity index (χ4v) is 3.57. The molecule has 1 aliphatic carbocycles. The first-order chi connectivity index (χ1) is 13.6. The average molecular weight is 399 g/mol. The van der Waals surface area contributed by atoms with Crippen molar-refractivity contribution in [2.75, 3.05) is 0 Å². The van der Waals surface area contributed by atoms with E-state index >= 15 is 0 Å². The number of rotatable bonds is 8. The lowest BCUT2D eigenvalue weighted by Gasteiger charge is -2.08. The van der Waals surface area contributed by atoms with Crippen LogP contribution in [0.25, 0.3) is 11.0 Å². The number of carbonyl (C=O) groups is 1. The Morgan fingerprint density at radius 1 is 1.25 bits per heavy atom. The summed E-state index contributed by atoms with van der Waals surface area (Å²) in [6.45, 7) is 1.17. The van der Waals surface area contributed by atoms with E-state index in [2.05, 4.69) is 14.9 Å². The SMILES string of the molecule is O=C(CCCc1cccc(F)c1)[N]Cc1nc2ccc(Cl)cc2n1CC1CC1. The van der Waals surface area contributed by atoms with Crippen LogP contribution in [-0.4, -0.2) is 15.5 Å². The van der Waals surface area contributed by atoms with Gasteiger partial charge >= 0.3 is 0 Å². The summed E-state index contributed by atoms with van der Waals surface area (Å²) in [7, 11) is 0. The minimum absolute atomic E-state index is 0.139. The van der Waals surface area contributed by atoms with E-state index in [1.165, 1.54) is 25.0 Å². The molecule has 1 radical (unpaired) electrons. The number of amides is 1. The number of nitrogens with zero attached hydrogens (tertiary/aromatic N) is 3. The topological polar surface area (TPSA) is 49.0 Å². The second kappa shape index (κ2) is 8.31. The van der Waals surface area contributed by atoms with Crippen LogP contribution in [0.15, 0.2) is 42.5 Å². The van der Waals surface area contributed by atoms with E-state index in [0.29, 0.717) is 30.2 Å². The van der Waals surface area contributed by atoms with Gasteiger partial charge in [0, 0.05) is 18.0 Å². The van der Waals surface area contributed by atoms with Gasteiger partial charge in [-0.25, -0.2) is 14.7 Å². The van der Waals surface area contributed by atoms with Crippen molar-refractivity contribution in [3.05, 3.63) is 64.7 Å². The molecule has 4 nitrogen and oxygen atoms in total. The molecule has 1 aromatic heterocycles. The first kappa shape index (κ1) is 18.9. The quantitative estimate of drug-likeness (QED) is 0.542. The van der Waals surface area contributed by atoms with Crippen molar-refractivity contribution in [3.63, 3.8) is 0 Å². The van der Waals surface area contributed by atoms with Crippen LogP contribution in [0.3, 0.4) is 0 Å². The number of carbonyl (C=O) groups excluding carboxylic acids is 1. The molecule has 0 unspecified atom stereocenters. The van der Waals surface area contributed by atoms with Gasteiger partial charge in [0.25, 0.3) is 0 Å². The molecule has 0 bridgehead atoms. The minimum atomic E-state index is -0.247. The third-order valence-electron chi connectivity index (χ3n) is 5.07. The number of hydrogen-bond acceptors (Lipinski definition) is 2. The molecule has 2 aromatic carbocycles. The maximum Gasteiger partial charge on any atom is 0.241 e. The molecule has 145 valence electrons. The summed E-state index contributed by atoms with van der Waals surface area (Å²) in [5, 5.41) is 4.90. The molecule has 28 heavy (non-hydrogen) atoms. The van der Waals surface area contributed by atoms with Crippen LogP contribution >= 0.6 is 11.6 Å². The molecule has 0 atom stereocenters. The first-order valence-corrected chi connectivity index (χ1v) is 10.1. The molecule has 1 saturated carbocycles. The van der Waals surface area contributed by atoms with Gasteiger partial charge in [0.15, 0.2) is 0 Å². The molecule has 1 heterocycles. The standard InChI is InChI=1S/C22H22ClFN3O/c23-17-9-10-19-20(12-17)27(14-16-7-8-16)21(26-19)13-25-22(28)6-2-4-15-3-1-5-18(24)11-15/h1,3,5,9-12,16H,2,4,6-8,13-14H2. The highest BCUT2D eigenvalue weighted by Crippen LogP contribution is 2.33. The van der Waals surface area contributed by atoms with Crippen molar-refractivity contribution in [1.82, 2.24) is 14.9 Å². The number of aryl methyl sites for hydroxylation is 1. The maximum absolute atomic E-state index is 13.2. The zero-order valence-corrected chi connectivity index (χ0v) is 16.3. The average Bonchev–Trinajstić information content (AvgIpc) is 3.42. The summed E-state index contributed by atoms with van der Waals surface area (Å²) >= 11 is 6.15. The molecular weight excluding hydrogens is 377 g/mol. The van der Waals surface area contributed by atoms with Gasteiger partial charge in [0.1, 0.15) is 18.2 Å². The molecule has 1 amide bonds. The fraction of sp³-hybridized carbons (Fsp3) is 0.364. The number of aromatic nitrogens is 2. The highest BCUT2D eigenvalue weighted by Gasteiger charge is 2.24. The third-order valence-corrected chi connectivity index (χ3v) is 5.30. The molecule has 0 spiro atoms. The van der Waals surface area contributed by atoms with Gasteiger partial charge in [-0.3, -0.25) is 4.79 Å². The molecule has 0 saturated heterocycles. The predicted octanol–water partition coefficient (Wildman–Crippen LogP) is 4.89. The van der Waals surface area contributed by atoms with Crippen molar-refractivity contribution in [2.24, 2.45) is 5.92 Å². The summed E-state index contributed by atoms with van der Waals surface area (Å²) in [4.78, 5) is 16.9. The lowest BCUT2D eigenvalue weighted by Crippen LogP contribution is -2.18. The van der Waals surface area contributed by atoms with E-state index in [0.717, 1.165) is 29.0 Å². The maximum atomic E-state index is 13.2. The molecule has 0 N–H and O–H groups in total. The van der Waals surface area contributed by atoms with Crippen molar-refractivity contribution in [1.29, 1.82) is 0 Å². The predicted molar refractivity (Wildman–Crippen MR) is 108 cm³/mol. The highest BCUT2D eigenvalue weighted by molar-refractivity contribution is 6.31. The Bertz CT molecular complexity index is 997. The Morgan fingerprint density at radius 2 is 2.11 bits per heavy atom. The second-order valence-corrected chi connectivity index (χ2v) is 7.84. The Balaban J connectivity index is 1.36. The molecule has 4 rings (SSSR count). The van der Waals surface area contributed by atoms with E-state index in [-0.39, 0.29) is 18.3 Å². The van der Waals surface area contributed by atoms with Gasteiger partial charge in [-0.05, 0) is 67.5 Å². The van der Waals surface area contributed by atoms with E-state index in [1.807, 2.05) is 24.3 Å². The van der Waals surface area contributed by atoms with Crippen molar-refractivity contribution in [3.8, 4) is 0 Å². The van der Waals surface area contributed by atoms with Gasteiger partial charge in [0.05, 0.1) is 11.0 Å². The largest absolute Gasteiger partial charge is 0.326 e. The van der Waals surface area contributed by atoms with Crippen LogP contribution in [0, 0.1) is 11.7 Å². The van der Waals surface area contributed by atoms with Crippen LogP contribution in [0.1, 0.15) is 37.1 Å². The monoisotopic (exact) mass is 398 g/mol. The van der Waals surface area contributed by atoms with Gasteiger partial charge in [-0.1, -0.05) is 23.7 Å².